The molecule has 0 spiro atoms. The number of ether oxygens (including phenoxy) is 1. The summed E-state index contributed by atoms with van der Waals surface area (Å²) in [6.45, 7) is 8.02. The van der Waals surface area contributed by atoms with Gasteiger partial charge in [0.15, 0.2) is 0 Å². The summed E-state index contributed by atoms with van der Waals surface area (Å²) in [4.78, 5) is 44.8. The number of morpholine rings is 1. The van der Waals surface area contributed by atoms with Crippen LogP contribution in [0.1, 0.15) is 51.9 Å². The number of aromatic nitrogens is 2. The van der Waals surface area contributed by atoms with E-state index in [-0.39, 0.29) is 24.6 Å². The molecule has 3 amide bonds. The lowest BCUT2D eigenvalue weighted by Crippen LogP contribution is -2.64. The lowest BCUT2D eigenvalue weighted by atomic mass is 9.81. The van der Waals surface area contributed by atoms with E-state index in [9.17, 15) is 27.6 Å². The molecule has 0 saturated carbocycles. The van der Waals surface area contributed by atoms with E-state index in [1.54, 1.807) is 23.9 Å². The Bertz CT molecular complexity index is 1970. The summed E-state index contributed by atoms with van der Waals surface area (Å²) in [7, 11) is 0. The molecule has 2 unspecified atom stereocenters. The predicted octanol–water partition coefficient (Wildman–Crippen LogP) is 4.83. The monoisotopic (exact) mass is 698 g/mol. The van der Waals surface area contributed by atoms with E-state index in [1.165, 1.54) is 11.0 Å². The van der Waals surface area contributed by atoms with Crippen LogP contribution < -0.4 is 15.5 Å². The summed E-state index contributed by atoms with van der Waals surface area (Å²) in [6, 6.07) is 20.2. The molecule has 13 heteroatoms. The van der Waals surface area contributed by atoms with Gasteiger partial charge in [-0.15, -0.1) is 0 Å². The predicted molar refractivity (Wildman–Crippen MR) is 183 cm³/mol. The van der Waals surface area contributed by atoms with Gasteiger partial charge in [-0.3, -0.25) is 24.2 Å². The normalized spacial score (nSPS) is 21.4. The molecule has 4 aromatic rings. The highest BCUT2D eigenvalue weighted by Crippen LogP contribution is 2.42. The molecule has 2 fully saturated rings. The van der Waals surface area contributed by atoms with Crippen LogP contribution in [0.15, 0.2) is 97.2 Å². The number of likely N-dealkylation sites (N-methyl/N-ethyl adjacent to an activating group) is 1. The van der Waals surface area contributed by atoms with Crippen molar-refractivity contribution in [3.8, 4) is 5.69 Å². The topological polar surface area (TPSA) is 109 Å². The Morgan fingerprint density at radius 3 is 2.45 bits per heavy atom. The third-order valence-corrected chi connectivity index (χ3v) is 9.84. The van der Waals surface area contributed by atoms with Gasteiger partial charge >= 0.3 is 6.18 Å². The van der Waals surface area contributed by atoms with Gasteiger partial charge in [0.25, 0.3) is 11.8 Å². The van der Waals surface area contributed by atoms with E-state index >= 15 is 0 Å². The van der Waals surface area contributed by atoms with Crippen LogP contribution in [0.3, 0.4) is 0 Å². The maximum Gasteiger partial charge on any atom is 0.416 e. The van der Waals surface area contributed by atoms with Crippen molar-refractivity contribution < 1.29 is 32.3 Å². The second-order valence-electron chi connectivity index (χ2n) is 13.0. The number of alkyl halides is 3. The van der Waals surface area contributed by atoms with Crippen molar-refractivity contribution in [2.24, 2.45) is 0 Å². The van der Waals surface area contributed by atoms with Gasteiger partial charge in [0.05, 0.1) is 30.7 Å². The zero-order valence-corrected chi connectivity index (χ0v) is 27.9. The summed E-state index contributed by atoms with van der Waals surface area (Å²) < 4.78 is 47.8. The first-order valence-electron chi connectivity index (χ1n) is 16.8. The summed E-state index contributed by atoms with van der Waals surface area (Å²) in [5, 5.41) is 10.4. The van der Waals surface area contributed by atoms with Crippen LogP contribution in [-0.2, 0) is 27.0 Å². The zero-order chi connectivity index (χ0) is 35.9. The van der Waals surface area contributed by atoms with Gasteiger partial charge in [-0.05, 0) is 54.8 Å². The first-order chi connectivity index (χ1) is 24.5. The molecular formula is C38H37F3N6O4. The van der Waals surface area contributed by atoms with E-state index in [1.807, 2.05) is 48.5 Å². The molecule has 0 aliphatic carbocycles. The van der Waals surface area contributed by atoms with E-state index in [2.05, 4.69) is 27.2 Å². The molecule has 2 N–H and O–H groups in total. The highest BCUT2D eigenvalue weighted by Gasteiger charge is 2.45. The molecule has 2 bridgehead atoms. The first-order valence-corrected chi connectivity index (χ1v) is 16.8. The lowest BCUT2D eigenvalue weighted by molar-refractivity contribution is -0.137. The quantitative estimate of drug-likeness (QED) is 0.230. The van der Waals surface area contributed by atoms with Crippen LogP contribution in [0.2, 0.25) is 0 Å². The molecule has 264 valence electrons. The van der Waals surface area contributed by atoms with Crippen LogP contribution >= 0.6 is 0 Å². The SMILES string of the molecule is C=C(CN1C2COCC1C2)C(=O)NCc1cccc([C@@H]2c3cnn(-c4ccccc4)c3N(CC)C(=O)[C@H]2NC(=O)c2cccc(C(F)(F)F)c2)c1. The molecule has 4 atom stereocenters. The summed E-state index contributed by atoms with van der Waals surface area (Å²) >= 11 is 0. The Morgan fingerprint density at radius 1 is 1.00 bits per heavy atom. The number of hydrogen-bond acceptors (Lipinski definition) is 6. The van der Waals surface area contributed by atoms with Gasteiger partial charge in [0.1, 0.15) is 11.9 Å². The smallest absolute Gasteiger partial charge is 0.378 e. The number of fused-ring (bicyclic) bond motifs is 3. The minimum Gasteiger partial charge on any atom is -0.378 e. The molecule has 3 aliphatic heterocycles. The van der Waals surface area contributed by atoms with E-state index in [4.69, 9.17) is 4.74 Å². The van der Waals surface area contributed by atoms with Crippen molar-refractivity contribution in [3.05, 3.63) is 125 Å². The van der Waals surface area contributed by atoms with Crippen LogP contribution in [-0.4, -0.2) is 76.8 Å². The number of carbonyl (C=O) groups is 3. The number of anilines is 1. The lowest BCUT2D eigenvalue weighted by Gasteiger charge is -2.52. The van der Waals surface area contributed by atoms with Gasteiger partial charge in [0, 0.05) is 54.3 Å². The number of para-hydroxylation sites is 1. The zero-order valence-electron chi connectivity index (χ0n) is 27.9. The fraction of sp³-hybridized carbons (Fsp3) is 0.316. The molecule has 1 aromatic heterocycles. The number of hydrogen-bond donors (Lipinski definition) is 2. The number of nitrogens with one attached hydrogen (secondary N) is 2. The van der Waals surface area contributed by atoms with Crippen LogP contribution in [0, 0.1) is 0 Å². The fourth-order valence-corrected chi connectivity index (χ4v) is 7.25. The van der Waals surface area contributed by atoms with Gasteiger partial charge in [-0.2, -0.15) is 18.3 Å². The Hall–Kier alpha value is -5.27. The van der Waals surface area contributed by atoms with Gasteiger partial charge < -0.3 is 15.4 Å². The van der Waals surface area contributed by atoms with Crippen LogP contribution in [0.25, 0.3) is 5.69 Å². The number of halogens is 3. The molecule has 2 saturated heterocycles. The highest BCUT2D eigenvalue weighted by atomic mass is 19.4. The van der Waals surface area contributed by atoms with Crippen molar-refractivity contribution in [2.45, 2.75) is 50.1 Å². The first kappa shape index (κ1) is 34.2. The fourth-order valence-electron chi connectivity index (χ4n) is 7.25. The molecule has 51 heavy (non-hydrogen) atoms. The number of benzene rings is 3. The summed E-state index contributed by atoms with van der Waals surface area (Å²) in [6.07, 6.45) is -1.93. The number of nitrogens with zero attached hydrogens (tertiary/aromatic N) is 4. The van der Waals surface area contributed by atoms with E-state index in [0.29, 0.717) is 54.4 Å². The second kappa shape index (κ2) is 13.8. The summed E-state index contributed by atoms with van der Waals surface area (Å²) in [5.74, 6) is -1.76. The standard InChI is InChI=1S/C38H37F3N6O4/c1-3-45-36-31(19-43-47(36)28-13-5-4-6-14-28)32(33(37(45)50)44-35(49)26-11-8-12-27(16-26)38(39,40)41)25-10-7-9-24(15-25)18-42-34(48)23(2)20-46-29-17-30(46)22-51-21-29/h4-16,19,29-30,32-33H,2-3,17-18,20-22H2,1H3,(H,42,48)(H,44,49)/t29?,30?,32-,33+/m1/s1. The third kappa shape index (κ3) is 6.66. The van der Waals surface area contributed by atoms with Gasteiger partial charge in [-0.1, -0.05) is 55.1 Å². The van der Waals surface area contributed by atoms with Crippen molar-refractivity contribution in [3.63, 3.8) is 0 Å². The van der Waals surface area contributed by atoms with Gasteiger partial charge in [-0.25, -0.2) is 4.68 Å². The summed E-state index contributed by atoms with van der Waals surface area (Å²) in [5.41, 5.74) is 2.03. The Labute approximate surface area is 292 Å². The Kier molecular flexibility index (Phi) is 9.25. The van der Waals surface area contributed by atoms with Crippen LogP contribution in [0.4, 0.5) is 19.0 Å². The Morgan fingerprint density at radius 2 is 1.75 bits per heavy atom. The van der Waals surface area contributed by atoms with Crippen molar-refractivity contribution in [1.82, 2.24) is 25.3 Å². The third-order valence-electron chi connectivity index (χ3n) is 9.84. The number of carbonyl (C=O) groups excluding carboxylic acids is 3. The van der Waals surface area contributed by atoms with Crippen molar-refractivity contribution in [2.75, 3.05) is 31.2 Å². The maximum absolute atomic E-state index is 14.4. The minimum atomic E-state index is -4.65. The highest BCUT2D eigenvalue weighted by molar-refractivity contribution is 6.05. The molecule has 7 rings (SSSR count). The van der Waals surface area contributed by atoms with Crippen molar-refractivity contribution in [1.29, 1.82) is 0 Å². The van der Waals surface area contributed by atoms with Crippen LogP contribution in [0.5, 0.6) is 0 Å². The largest absolute Gasteiger partial charge is 0.416 e. The van der Waals surface area contributed by atoms with E-state index in [0.717, 1.165) is 35.9 Å². The molecule has 0 radical (unpaired) electrons. The number of rotatable bonds is 10. The molecule has 3 aliphatic rings. The average molecular weight is 699 g/mol. The average Bonchev–Trinajstić information content (AvgIpc) is 3.57. The van der Waals surface area contributed by atoms with Crippen molar-refractivity contribution >= 4 is 23.5 Å². The van der Waals surface area contributed by atoms with E-state index < -0.39 is 35.5 Å². The maximum atomic E-state index is 14.4. The molecular weight excluding hydrogens is 661 g/mol. The number of amides is 3. The Balaban J connectivity index is 1.19. The second-order valence-corrected chi connectivity index (χ2v) is 13.0. The molecule has 4 heterocycles. The molecule has 10 nitrogen and oxygen atoms in total. The minimum absolute atomic E-state index is 0.181. The van der Waals surface area contributed by atoms with Gasteiger partial charge in [0.2, 0.25) is 5.91 Å². The molecule has 3 aromatic carbocycles.